The van der Waals surface area contributed by atoms with Crippen LogP contribution in [0.5, 0.6) is 5.75 Å². The zero-order valence-electron chi connectivity index (χ0n) is 19.4. The van der Waals surface area contributed by atoms with E-state index in [4.69, 9.17) is 30.2 Å². The van der Waals surface area contributed by atoms with Gasteiger partial charge in [-0.25, -0.2) is 0 Å². The molecular weight excluding hydrogens is 470 g/mol. The van der Waals surface area contributed by atoms with Gasteiger partial charge in [0, 0.05) is 36.8 Å². The first-order chi connectivity index (χ1) is 17.0. The van der Waals surface area contributed by atoms with Gasteiger partial charge in [-0.3, -0.25) is 4.79 Å². The Balaban J connectivity index is 1.38. The van der Waals surface area contributed by atoms with Gasteiger partial charge in [0.05, 0.1) is 47.7 Å². The molecule has 184 valence electrons. The summed E-state index contributed by atoms with van der Waals surface area (Å²) in [5, 5.41) is 10.3. The van der Waals surface area contributed by atoms with Crippen molar-refractivity contribution in [2.24, 2.45) is 5.92 Å². The van der Waals surface area contributed by atoms with Gasteiger partial charge in [0.1, 0.15) is 18.1 Å². The molecule has 8 heteroatoms. The molecule has 2 aliphatic rings. The van der Waals surface area contributed by atoms with Crippen LogP contribution in [0.25, 0.3) is 22.3 Å². The van der Waals surface area contributed by atoms with Gasteiger partial charge in [-0.2, -0.15) is 0 Å². The van der Waals surface area contributed by atoms with E-state index in [1.807, 2.05) is 18.2 Å². The minimum absolute atomic E-state index is 0.104. The molecule has 5 rings (SSSR count). The maximum Gasteiger partial charge on any atom is 0.193 e. The van der Waals surface area contributed by atoms with Crippen molar-refractivity contribution < 1.29 is 23.7 Å². The highest BCUT2D eigenvalue weighted by molar-refractivity contribution is 6.34. The van der Waals surface area contributed by atoms with E-state index < -0.39 is 0 Å². The van der Waals surface area contributed by atoms with E-state index in [0.717, 1.165) is 31.6 Å². The number of ether oxygens (including phenoxy) is 3. The Hall–Kier alpha value is -3.00. The third kappa shape index (κ3) is 5.17. The van der Waals surface area contributed by atoms with Gasteiger partial charge < -0.3 is 28.6 Å². The molecule has 1 saturated heterocycles. The number of allylic oxidation sites excluding steroid dienone is 1. The van der Waals surface area contributed by atoms with E-state index in [1.54, 1.807) is 18.2 Å². The molecule has 1 N–H and O–H groups in total. The molecule has 2 fully saturated rings. The number of fused-ring (bicyclic) bond motifs is 1. The fraction of sp³-hybridized carbons (Fsp3) is 0.370. The van der Waals surface area contributed by atoms with Crippen molar-refractivity contribution >= 4 is 28.3 Å². The lowest BCUT2D eigenvalue weighted by atomic mass is 9.81. The second-order valence-corrected chi connectivity index (χ2v) is 9.28. The van der Waals surface area contributed by atoms with E-state index in [9.17, 15) is 9.90 Å². The zero-order chi connectivity index (χ0) is 24.4. The number of morpholine rings is 1. The van der Waals surface area contributed by atoms with Crippen LogP contribution in [0.15, 0.2) is 64.0 Å². The van der Waals surface area contributed by atoms with Crippen molar-refractivity contribution in [2.45, 2.75) is 18.9 Å². The minimum Gasteiger partial charge on any atom is -0.513 e. The van der Waals surface area contributed by atoms with Crippen LogP contribution >= 0.6 is 11.6 Å². The van der Waals surface area contributed by atoms with Gasteiger partial charge in [-0.1, -0.05) is 24.2 Å². The highest BCUT2D eigenvalue weighted by Gasteiger charge is 2.31. The number of nitrogens with zero attached hydrogens (tertiary/aromatic N) is 1. The highest BCUT2D eigenvalue weighted by Crippen LogP contribution is 2.36. The largest absolute Gasteiger partial charge is 0.513 e. The molecule has 0 amide bonds. The molecular formula is C27H28ClNO6. The Labute approximate surface area is 208 Å². The lowest BCUT2D eigenvalue weighted by molar-refractivity contribution is -0.0388. The monoisotopic (exact) mass is 497 g/mol. The fourth-order valence-electron chi connectivity index (χ4n) is 4.47. The van der Waals surface area contributed by atoms with Gasteiger partial charge >= 0.3 is 0 Å². The number of rotatable bonds is 8. The normalized spacial score (nSPS) is 20.0. The summed E-state index contributed by atoms with van der Waals surface area (Å²) in [4.78, 5) is 15.0. The number of aliphatic hydroxyl groups is 1. The van der Waals surface area contributed by atoms with Crippen LogP contribution in [0, 0.1) is 5.92 Å². The van der Waals surface area contributed by atoms with Gasteiger partial charge in [-0.05, 0) is 37.1 Å². The summed E-state index contributed by atoms with van der Waals surface area (Å²) in [6, 6.07) is 12.5. The Morgan fingerprint density at radius 3 is 2.71 bits per heavy atom. The Bertz CT molecular complexity index is 1280. The van der Waals surface area contributed by atoms with Crippen LogP contribution in [0.3, 0.4) is 0 Å². The third-order valence-corrected chi connectivity index (χ3v) is 6.87. The topological polar surface area (TPSA) is 81.4 Å². The molecule has 0 atom stereocenters. The predicted molar refractivity (Wildman–Crippen MR) is 136 cm³/mol. The number of benzene rings is 2. The van der Waals surface area contributed by atoms with Crippen molar-refractivity contribution in [3.05, 3.63) is 70.0 Å². The summed E-state index contributed by atoms with van der Waals surface area (Å²) in [6.07, 6.45) is 1.65. The van der Waals surface area contributed by atoms with E-state index in [2.05, 4.69) is 11.5 Å². The van der Waals surface area contributed by atoms with Crippen LogP contribution in [0.1, 0.15) is 12.8 Å². The molecule has 1 aromatic heterocycles. The summed E-state index contributed by atoms with van der Waals surface area (Å²) in [5.41, 5.74) is 1.87. The lowest BCUT2D eigenvalue weighted by Gasteiger charge is -2.34. The fourth-order valence-corrected chi connectivity index (χ4v) is 4.68. The van der Waals surface area contributed by atoms with Crippen molar-refractivity contribution in [3.8, 4) is 17.1 Å². The first-order valence-electron chi connectivity index (χ1n) is 11.8. The van der Waals surface area contributed by atoms with Crippen molar-refractivity contribution in [2.75, 3.05) is 44.4 Å². The molecule has 35 heavy (non-hydrogen) atoms. The van der Waals surface area contributed by atoms with Gasteiger partial charge in [0.2, 0.25) is 0 Å². The Morgan fingerprint density at radius 1 is 1.14 bits per heavy atom. The summed E-state index contributed by atoms with van der Waals surface area (Å²) in [6.45, 7) is 7.26. The van der Waals surface area contributed by atoms with Crippen LogP contribution in [-0.4, -0.2) is 50.7 Å². The number of hydrogen-bond acceptors (Lipinski definition) is 7. The second kappa shape index (κ2) is 10.3. The summed E-state index contributed by atoms with van der Waals surface area (Å²) in [7, 11) is 0. The summed E-state index contributed by atoms with van der Waals surface area (Å²) >= 11 is 6.32. The number of para-hydroxylation sites is 1. The Kier molecular flexibility index (Phi) is 7.00. The molecule has 0 unspecified atom stereocenters. The van der Waals surface area contributed by atoms with Gasteiger partial charge in [0.25, 0.3) is 0 Å². The van der Waals surface area contributed by atoms with Gasteiger partial charge in [0.15, 0.2) is 11.0 Å². The zero-order valence-corrected chi connectivity index (χ0v) is 20.1. The van der Waals surface area contributed by atoms with Crippen molar-refractivity contribution in [1.82, 2.24) is 0 Å². The van der Waals surface area contributed by atoms with E-state index in [1.165, 1.54) is 6.07 Å². The number of aliphatic hydroxyl groups excluding tert-OH is 1. The van der Waals surface area contributed by atoms with Crippen molar-refractivity contribution in [3.63, 3.8) is 0 Å². The maximum absolute atomic E-state index is 12.8. The highest BCUT2D eigenvalue weighted by atomic mass is 35.5. The minimum atomic E-state index is -0.166. The molecule has 0 bridgehead atoms. The standard InChI is InChI=1S/C27H28ClNO6/c1-17(30)18-13-20(14-18)33-11-12-34-25-15-19(29-7-9-32-10-8-29)5-6-22(25)26-16-24(31)21-3-2-4-23(28)27(21)35-26/h2-6,15-16,18,20,30H,1,7-14H2. The number of hydrogen-bond donors (Lipinski definition) is 1. The van der Waals surface area contributed by atoms with Crippen LogP contribution in [-0.2, 0) is 9.47 Å². The van der Waals surface area contributed by atoms with E-state index >= 15 is 0 Å². The van der Waals surface area contributed by atoms with Gasteiger partial charge in [-0.15, -0.1) is 0 Å². The van der Waals surface area contributed by atoms with Crippen LogP contribution in [0.2, 0.25) is 5.02 Å². The molecule has 2 heterocycles. The quantitative estimate of drug-likeness (QED) is 0.338. The van der Waals surface area contributed by atoms with E-state index in [0.29, 0.717) is 59.5 Å². The maximum atomic E-state index is 12.8. The average Bonchev–Trinajstić information content (AvgIpc) is 2.83. The van der Waals surface area contributed by atoms with Crippen LogP contribution in [0.4, 0.5) is 5.69 Å². The molecule has 0 radical (unpaired) electrons. The van der Waals surface area contributed by atoms with Crippen LogP contribution < -0.4 is 15.1 Å². The molecule has 1 aliphatic heterocycles. The second-order valence-electron chi connectivity index (χ2n) is 8.87. The molecule has 2 aromatic carbocycles. The summed E-state index contributed by atoms with van der Waals surface area (Å²) in [5.74, 6) is 1.34. The average molecular weight is 498 g/mol. The molecule has 0 spiro atoms. The molecule has 1 saturated carbocycles. The summed E-state index contributed by atoms with van der Waals surface area (Å²) < 4.78 is 23.6. The molecule has 1 aliphatic carbocycles. The SMILES string of the molecule is C=C(O)C1CC(OCCOc2cc(N3CCOCC3)ccc2-c2cc(=O)c3cccc(Cl)c3o2)C1. The molecule has 3 aromatic rings. The smallest absolute Gasteiger partial charge is 0.193 e. The lowest BCUT2D eigenvalue weighted by Crippen LogP contribution is -2.36. The van der Waals surface area contributed by atoms with Crippen molar-refractivity contribution in [1.29, 1.82) is 0 Å². The van der Waals surface area contributed by atoms with E-state index in [-0.39, 0.29) is 23.2 Å². The molecule has 7 nitrogen and oxygen atoms in total. The number of halogens is 1. The Morgan fingerprint density at radius 2 is 1.94 bits per heavy atom. The third-order valence-electron chi connectivity index (χ3n) is 6.57. The number of anilines is 1. The predicted octanol–water partition coefficient (Wildman–Crippen LogP) is 5.20. The first kappa shape index (κ1) is 23.7. The first-order valence-corrected chi connectivity index (χ1v) is 12.2.